The molecule has 0 aromatic carbocycles. The first-order chi connectivity index (χ1) is 9.26. The van der Waals surface area contributed by atoms with Crippen molar-refractivity contribution in [2.24, 2.45) is 0 Å². The molecule has 0 saturated carbocycles. The Balaban J connectivity index is 1.51. The summed E-state index contributed by atoms with van der Waals surface area (Å²) in [6, 6.07) is 2.32. The van der Waals surface area contributed by atoms with Crippen LogP contribution in [0.1, 0.15) is 32.6 Å². The summed E-state index contributed by atoms with van der Waals surface area (Å²) in [5.74, 6) is 0. The van der Waals surface area contributed by atoms with E-state index < -0.39 is 0 Å². The van der Waals surface area contributed by atoms with E-state index in [4.69, 9.17) is 0 Å². The van der Waals surface area contributed by atoms with Crippen LogP contribution in [0.15, 0.2) is 0 Å². The minimum Gasteiger partial charge on any atom is -0.336 e. The van der Waals surface area contributed by atoms with Crippen molar-refractivity contribution in [3.8, 4) is 0 Å². The van der Waals surface area contributed by atoms with Gasteiger partial charge in [0.05, 0.1) is 0 Å². The highest BCUT2D eigenvalue weighted by molar-refractivity contribution is 5.76. The molecule has 2 atom stereocenters. The average Bonchev–Trinajstić information content (AvgIpc) is 2.97. The van der Waals surface area contributed by atoms with E-state index >= 15 is 0 Å². The quantitative estimate of drug-likeness (QED) is 0.767. The van der Waals surface area contributed by atoms with E-state index in [0.29, 0.717) is 0 Å². The molecule has 3 aliphatic heterocycles. The van der Waals surface area contributed by atoms with Crippen LogP contribution in [-0.4, -0.2) is 66.7 Å². The smallest absolute Gasteiger partial charge is 0.317 e. The lowest BCUT2D eigenvalue weighted by molar-refractivity contribution is 0.135. The molecule has 2 unspecified atom stereocenters. The number of nitrogens with zero attached hydrogens (tertiary/aromatic N) is 2. The molecule has 2 amide bonds. The number of urea groups is 1. The van der Waals surface area contributed by atoms with Crippen LogP contribution in [0.5, 0.6) is 0 Å². The lowest BCUT2D eigenvalue weighted by atomic mass is 9.98. The van der Waals surface area contributed by atoms with Crippen LogP contribution in [0.25, 0.3) is 0 Å². The van der Waals surface area contributed by atoms with E-state index in [1.165, 1.54) is 25.7 Å². The molecule has 3 aliphatic rings. The van der Waals surface area contributed by atoms with Crippen LogP contribution >= 0.6 is 0 Å². The van der Waals surface area contributed by atoms with Gasteiger partial charge in [-0.1, -0.05) is 6.92 Å². The number of nitrogens with one attached hydrogen (secondary N) is 2. The minimum absolute atomic E-state index is 0.112. The number of amides is 2. The van der Waals surface area contributed by atoms with Gasteiger partial charge in [-0.3, -0.25) is 4.90 Å². The highest BCUT2D eigenvalue weighted by Crippen LogP contribution is 2.29. The second-order valence-electron chi connectivity index (χ2n) is 6.11. The van der Waals surface area contributed by atoms with E-state index in [-0.39, 0.29) is 6.03 Å². The molecule has 0 aromatic heterocycles. The largest absolute Gasteiger partial charge is 0.336 e. The number of carbonyl (C=O) groups excluding carboxylic acids is 1. The van der Waals surface area contributed by atoms with Crippen molar-refractivity contribution in [1.29, 1.82) is 0 Å². The van der Waals surface area contributed by atoms with Crippen LogP contribution in [-0.2, 0) is 0 Å². The third-order valence-corrected chi connectivity index (χ3v) is 4.97. The molecule has 3 fully saturated rings. The first-order valence-electron chi connectivity index (χ1n) is 7.79. The number of rotatable bonds is 5. The number of fused-ring (bicyclic) bond motifs is 2. The topological polar surface area (TPSA) is 47.6 Å². The van der Waals surface area contributed by atoms with Gasteiger partial charge in [-0.05, 0) is 32.2 Å². The molecule has 5 heteroatoms. The van der Waals surface area contributed by atoms with Gasteiger partial charge >= 0.3 is 6.03 Å². The predicted octanol–water partition coefficient (Wildman–Crippen LogP) is 0.617. The van der Waals surface area contributed by atoms with Gasteiger partial charge < -0.3 is 15.5 Å². The maximum absolute atomic E-state index is 11.6. The van der Waals surface area contributed by atoms with Gasteiger partial charge in [0, 0.05) is 44.3 Å². The number of hydrogen-bond donors (Lipinski definition) is 2. The molecule has 0 aliphatic carbocycles. The van der Waals surface area contributed by atoms with Crippen molar-refractivity contribution in [2.75, 3.05) is 32.7 Å². The summed E-state index contributed by atoms with van der Waals surface area (Å²) in [5.41, 5.74) is 0. The van der Waals surface area contributed by atoms with Gasteiger partial charge in [0.1, 0.15) is 0 Å². The zero-order valence-corrected chi connectivity index (χ0v) is 11.9. The van der Waals surface area contributed by atoms with Gasteiger partial charge in [0.2, 0.25) is 0 Å². The van der Waals surface area contributed by atoms with Gasteiger partial charge in [0.25, 0.3) is 0 Å². The molecule has 5 nitrogen and oxygen atoms in total. The third-order valence-electron chi connectivity index (χ3n) is 4.97. The zero-order chi connectivity index (χ0) is 13.2. The minimum atomic E-state index is 0.112. The molecule has 108 valence electrons. The van der Waals surface area contributed by atoms with E-state index in [0.717, 1.165) is 50.8 Å². The maximum atomic E-state index is 11.6. The van der Waals surface area contributed by atoms with Crippen LogP contribution in [0.4, 0.5) is 4.79 Å². The number of carbonyl (C=O) groups is 1. The molecule has 19 heavy (non-hydrogen) atoms. The van der Waals surface area contributed by atoms with Gasteiger partial charge in [-0.2, -0.15) is 0 Å². The Kier molecular flexibility index (Phi) is 3.93. The van der Waals surface area contributed by atoms with Crippen LogP contribution < -0.4 is 10.6 Å². The molecular weight excluding hydrogens is 240 g/mol. The second-order valence-corrected chi connectivity index (χ2v) is 6.11. The molecule has 3 saturated heterocycles. The fourth-order valence-corrected chi connectivity index (χ4v) is 3.90. The standard InChI is InChI=1S/C14H26N4O/c1-2-17(7-8-18-6-5-15-14(18)19)13-9-11-3-4-12(10-13)16-11/h11-13,16H,2-10H2,1H3,(H,15,19). The summed E-state index contributed by atoms with van der Waals surface area (Å²) in [7, 11) is 0. The molecule has 2 N–H and O–H groups in total. The highest BCUT2D eigenvalue weighted by atomic mass is 16.2. The number of likely N-dealkylation sites (N-methyl/N-ethyl adjacent to an activating group) is 1. The molecule has 3 heterocycles. The summed E-state index contributed by atoms with van der Waals surface area (Å²) < 4.78 is 0. The fraction of sp³-hybridized carbons (Fsp3) is 0.929. The average molecular weight is 266 g/mol. The number of piperidine rings is 1. The van der Waals surface area contributed by atoms with E-state index in [1.54, 1.807) is 0 Å². The Labute approximate surface area is 115 Å². The van der Waals surface area contributed by atoms with Gasteiger partial charge in [0.15, 0.2) is 0 Å². The normalized spacial score (nSPS) is 34.1. The van der Waals surface area contributed by atoms with Crippen molar-refractivity contribution in [3.05, 3.63) is 0 Å². The summed E-state index contributed by atoms with van der Waals surface area (Å²) in [4.78, 5) is 16.1. The lowest BCUT2D eigenvalue weighted by Gasteiger charge is -2.37. The van der Waals surface area contributed by atoms with Crippen molar-refractivity contribution in [3.63, 3.8) is 0 Å². The Morgan fingerprint density at radius 3 is 2.63 bits per heavy atom. The Morgan fingerprint density at radius 1 is 1.32 bits per heavy atom. The fourth-order valence-electron chi connectivity index (χ4n) is 3.90. The van der Waals surface area contributed by atoms with Crippen LogP contribution in [0.3, 0.4) is 0 Å². The molecule has 3 rings (SSSR count). The summed E-state index contributed by atoms with van der Waals surface area (Å²) in [5, 5.41) is 6.58. The van der Waals surface area contributed by atoms with E-state index in [9.17, 15) is 4.79 Å². The molecule has 0 aromatic rings. The maximum Gasteiger partial charge on any atom is 0.317 e. The lowest BCUT2D eigenvalue weighted by Crippen LogP contribution is -2.50. The van der Waals surface area contributed by atoms with Crippen molar-refractivity contribution < 1.29 is 4.79 Å². The SMILES string of the molecule is CCN(CCN1CCNC1=O)C1CC2CCC(C1)N2. The molecular formula is C14H26N4O. The van der Waals surface area contributed by atoms with Crippen molar-refractivity contribution in [1.82, 2.24) is 20.4 Å². The first-order valence-corrected chi connectivity index (χ1v) is 7.79. The Morgan fingerprint density at radius 2 is 2.05 bits per heavy atom. The van der Waals surface area contributed by atoms with E-state index in [1.807, 2.05) is 4.90 Å². The van der Waals surface area contributed by atoms with E-state index in [2.05, 4.69) is 22.5 Å². The molecule has 0 spiro atoms. The summed E-state index contributed by atoms with van der Waals surface area (Å²) >= 11 is 0. The molecule has 0 radical (unpaired) electrons. The second kappa shape index (κ2) is 5.67. The monoisotopic (exact) mass is 266 g/mol. The van der Waals surface area contributed by atoms with Crippen LogP contribution in [0, 0.1) is 0 Å². The van der Waals surface area contributed by atoms with Gasteiger partial charge in [-0.25, -0.2) is 4.79 Å². The first kappa shape index (κ1) is 13.2. The number of hydrogen-bond acceptors (Lipinski definition) is 3. The Hall–Kier alpha value is -0.810. The van der Waals surface area contributed by atoms with Gasteiger partial charge in [-0.15, -0.1) is 0 Å². The van der Waals surface area contributed by atoms with Crippen LogP contribution in [0.2, 0.25) is 0 Å². The molecule has 2 bridgehead atoms. The highest BCUT2D eigenvalue weighted by Gasteiger charge is 2.35. The zero-order valence-electron chi connectivity index (χ0n) is 11.9. The predicted molar refractivity (Wildman–Crippen MR) is 75.2 cm³/mol. The Bertz CT molecular complexity index is 323. The summed E-state index contributed by atoms with van der Waals surface area (Å²) in [6.45, 7) is 6.91. The van der Waals surface area contributed by atoms with Crippen molar-refractivity contribution in [2.45, 2.75) is 50.7 Å². The summed E-state index contributed by atoms with van der Waals surface area (Å²) in [6.07, 6.45) is 5.29. The third kappa shape index (κ3) is 2.87. The van der Waals surface area contributed by atoms with Crippen molar-refractivity contribution >= 4 is 6.03 Å².